The lowest BCUT2D eigenvalue weighted by Crippen LogP contribution is -2.47. The molecule has 72 valence electrons. The predicted molar refractivity (Wildman–Crippen MR) is 44.2 cm³/mol. The molecule has 12 heavy (non-hydrogen) atoms. The number of hydrogen-bond acceptors (Lipinski definition) is 2. The Morgan fingerprint density at radius 1 is 1.58 bits per heavy atom. The molecular formula is C8H16F2N2. The molecule has 0 aromatic rings. The summed E-state index contributed by atoms with van der Waals surface area (Å²) in [6.45, 7) is 1.02. The van der Waals surface area contributed by atoms with Gasteiger partial charge in [0.15, 0.2) is 0 Å². The summed E-state index contributed by atoms with van der Waals surface area (Å²) in [5.41, 5.74) is 5.27. The number of piperidine rings is 1. The molecule has 0 radical (unpaired) electrons. The number of alkyl halides is 2. The monoisotopic (exact) mass is 178 g/mol. The molecule has 1 aliphatic rings. The molecular weight excluding hydrogens is 162 g/mol. The Balaban J connectivity index is 2.51. The van der Waals surface area contributed by atoms with Crippen molar-refractivity contribution in [2.75, 3.05) is 26.7 Å². The summed E-state index contributed by atoms with van der Waals surface area (Å²) >= 11 is 0. The van der Waals surface area contributed by atoms with E-state index < -0.39 is 11.8 Å². The molecule has 2 N–H and O–H groups in total. The van der Waals surface area contributed by atoms with Crippen LogP contribution in [0.25, 0.3) is 0 Å². The minimum Gasteiger partial charge on any atom is -0.330 e. The minimum absolute atomic E-state index is 0.113. The summed E-state index contributed by atoms with van der Waals surface area (Å²) in [6.07, 6.45) is 1.02. The first-order valence-electron chi connectivity index (χ1n) is 4.32. The smallest absolute Gasteiger partial charge is 0.263 e. The average Bonchev–Trinajstić information content (AvgIpc) is 1.94. The minimum atomic E-state index is -2.54. The molecule has 4 heteroatoms. The van der Waals surface area contributed by atoms with Gasteiger partial charge in [-0.05, 0) is 33.0 Å². The Kier molecular flexibility index (Phi) is 3.01. The van der Waals surface area contributed by atoms with E-state index in [1.165, 1.54) is 0 Å². The number of likely N-dealkylation sites (tertiary alicyclic amines) is 1. The van der Waals surface area contributed by atoms with Gasteiger partial charge < -0.3 is 10.6 Å². The van der Waals surface area contributed by atoms with Gasteiger partial charge >= 0.3 is 0 Å². The average molecular weight is 178 g/mol. The van der Waals surface area contributed by atoms with Gasteiger partial charge in [-0.3, -0.25) is 0 Å². The fourth-order valence-electron chi connectivity index (χ4n) is 1.71. The lowest BCUT2D eigenvalue weighted by atomic mass is 9.90. The van der Waals surface area contributed by atoms with Crippen molar-refractivity contribution in [2.24, 2.45) is 11.7 Å². The van der Waals surface area contributed by atoms with E-state index in [-0.39, 0.29) is 6.54 Å². The maximum absolute atomic E-state index is 13.2. The van der Waals surface area contributed by atoms with Gasteiger partial charge in [0.1, 0.15) is 0 Å². The molecule has 1 saturated heterocycles. The molecule has 0 spiro atoms. The number of nitrogens with zero attached hydrogens (tertiary/aromatic N) is 1. The molecule has 0 aromatic heterocycles. The third kappa shape index (κ3) is 2.14. The van der Waals surface area contributed by atoms with Gasteiger partial charge in [-0.25, -0.2) is 8.78 Å². The van der Waals surface area contributed by atoms with Crippen LogP contribution in [0.1, 0.15) is 12.8 Å². The summed E-state index contributed by atoms with van der Waals surface area (Å²) < 4.78 is 26.4. The van der Waals surface area contributed by atoms with Gasteiger partial charge in [0.2, 0.25) is 0 Å². The zero-order chi connectivity index (χ0) is 9.19. The van der Waals surface area contributed by atoms with Crippen molar-refractivity contribution in [1.29, 1.82) is 0 Å². The van der Waals surface area contributed by atoms with Crippen molar-refractivity contribution in [3.63, 3.8) is 0 Å². The summed E-state index contributed by atoms with van der Waals surface area (Å²) in [5.74, 6) is -3.04. The highest BCUT2D eigenvalue weighted by molar-refractivity contribution is 4.85. The summed E-state index contributed by atoms with van der Waals surface area (Å²) in [5, 5.41) is 0. The Morgan fingerprint density at radius 2 is 2.25 bits per heavy atom. The molecule has 0 bridgehead atoms. The van der Waals surface area contributed by atoms with Crippen LogP contribution < -0.4 is 5.73 Å². The fraction of sp³-hybridized carbons (Fsp3) is 1.00. The second-order valence-electron chi connectivity index (χ2n) is 3.56. The molecule has 0 amide bonds. The molecule has 1 atom stereocenters. The first-order valence-corrected chi connectivity index (χ1v) is 4.32. The van der Waals surface area contributed by atoms with Crippen molar-refractivity contribution in [1.82, 2.24) is 4.90 Å². The highest BCUT2D eigenvalue weighted by atomic mass is 19.3. The van der Waals surface area contributed by atoms with Crippen LogP contribution in [-0.4, -0.2) is 37.5 Å². The standard InChI is InChI=1S/C8H16F2N2/c1-12-5-3-7(2-4-11)8(9,10)6-12/h7H,2-6,11H2,1H3. The van der Waals surface area contributed by atoms with Crippen molar-refractivity contribution < 1.29 is 8.78 Å². The highest BCUT2D eigenvalue weighted by Crippen LogP contribution is 2.33. The van der Waals surface area contributed by atoms with Crippen LogP contribution in [0, 0.1) is 5.92 Å². The van der Waals surface area contributed by atoms with E-state index in [1.807, 2.05) is 0 Å². The van der Waals surface area contributed by atoms with Gasteiger partial charge in [0.25, 0.3) is 5.92 Å². The van der Waals surface area contributed by atoms with Crippen molar-refractivity contribution in [2.45, 2.75) is 18.8 Å². The van der Waals surface area contributed by atoms with Crippen LogP contribution in [0.5, 0.6) is 0 Å². The van der Waals surface area contributed by atoms with Gasteiger partial charge in [-0.1, -0.05) is 0 Å². The summed E-state index contributed by atoms with van der Waals surface area (Å²) in [4.78, 5) is 1.67. The van der Waals surface area contributed by atoms with Crippen LogP contribution in [0.3, 0.4) is 0 Å². The second-order valence-corrected chi connectivity index (χ2v) is 3.56. The van der Waals surface area contributed by atoms with Crippen LogP contribution >= 0.6 is 0 Å². The quantitative estimate of drug-likeness (QED) is 0.681. The molecule has 1 fully saturated rings. The summed E-state index contributed by atoms with van der Waals surface area (Å²) in [7, 11) is 1.73. The molecule has 0 saturated carbocycles. The highest BCUT2D eigenvalue weighted by Gasteiger charge is 2.42. The van der Waals surface area contributed by atoms with E-state index in [0.29, 0.717) is 19.4 Å². The van der Waals surface area contributed by atoms with Crippen molar-refractivity contribution >= 4 is 0 Å². The molecule has 2 nitrogen and oxygen atoms in total. The van der Waals surface area contributed by atoms with E-state index in [0.717, 1.165) is 6.54 Å². The Labute approximate surface area is 71.7 Å². The van der Waals surface area contributed by atoms with Crippen molar-refractivity contribution in [3.05, 3.63) is 0 Å². The molecule has 1 unspecified atom stereocenters. The largest absolute Gasteiger partial charge is 0.330 e. The van der Waals surface area contributed by atoms with E-state index in [2.05, 4.69) is 0 Å². The SMILES string of the molecule is CN1CCC(CCN)C(F)(F)C1. The van der Waals surface area contributed by atoms with Crippen LogP contribution in [-0.2, 0) is 0 Å². The van der Waals surface area contributed by atoms with Crippen LogP contribution in [0.4, 0.5) is 8.78 Å². The zero-order valence-electron chi connectivity index (χ0n) is 7.39. The maximum Gasteiger partial charge on any atom is 0.263 e. The lowest BCUT2D eigenvalue weighted by Gasteiger charge is -2.36. The molecule has 1 aliphatic heterocycles. The van der Waals surface area contributed by atoms with Gasteiger partial charge in [0, 0.05) is 5.92 Å². The third-order valence-electron chi connectivity index (χ3n) is 2.45. The fourth-order valence-corrected chi connectivity index (χ4v) is 1.71. The third-order valence-corrected chi connectivity index (χ3v) is 2.45. The molecule has 1 heterocycles. The van der Waals surface area contributed by atoms with Gasteiger partial charge in [-0.15, -0.1) is 0 Å². The molecule has 1 rings (SSSR count). The second kappa shape index (κ2) is 3.66. The first-order chi connectivity index (χ1) is 5.56. The van der Waals surface area contributed by atoms with Gasteiger partial charge in [-0.2, -0.15) is 0 Å². The van der Waals surface area contributed by atoms with E-state index in [4.69, 9.17) is 5.73 Å². The normalized spacial score (nSPS) is 30.5. The first kappa shape index (κ1) is 9.86. The van der Waals surface area contributed by atoms with Crippen LogP contribution in [0.2, 0.25) is 0 Å². The number of halogens is 2. The van der Waals surface area contributed by atoms with Gasteiger partial charge in [0.05, 0.1) is 6.54 Å². The van der Waals surface area contributed by atoms with Crippen molar-refractivity contribution in [3.8, 4) is 0 Å². The maximum atomic E-state index is 13.2. The molecule has 0 aromatic carbocycles. The topological polar surface area (TPSA) is 29.3 Å². The van der Waals surface area contributed by atoms with E-state index in [9.17, 15) is 8.78 Å². The zero-order valence-corrected chi connectivity index (χ0v) is 7.39. The number of rotatable bonds is 2. The lowest BCUT2D eigenvalue weighted by molar-refractivity contribution is -0.107. The molecule has 0 aliphatic carbocycles. The van der Waals surface area contributed by atoms with Crippen LogP contribution in [0.15, 0.2) is 0 Å². The predicted octanol–water partition coefficient (Wildman–Crippen LogP) is 0.922. The Morgan fingerprint density at radius 3 is 2.75 bits per heavy atom. The number of nitrogens with two attached hydrogens (primary N) is 1. The Hall–Kier alpha value is -0.220. The Bertz CT molecular complexity index is 150. The summed E-state index contributed by atoms with van der Waals surface area (Å²) in [6, 6.07) is 0. The van der Waals surface area contributed by atoms with E-state index in [1.54, 1.807) is 11.9 Å². The number of hydrogen-bond donors (Lipinski definition) is 1. The van der Waals surface area contributed by atoms with E-state index >= 15 is 0 Å².